The van der Waals surface area contributed by atoms with E-state index in [4.69, 9.17) is 0 Å². The van der Waals surface area contributed by atoms with Gasteiger partial charge in [-0.15, -0.1) is 0 Å². The van der Waals surface area contributed by atoms with Crippen LogP contribution >= 0.6 is 0 Å². The molecule has 1 nitrogen and oxygen atoms in total. The van der Waals surface area contributed by atoms with Crippen molar-refractivity contribution in [2.24, 2.45) is 11.8 Å². The highest BCUT2D eigenvalue weighted by atomic mass is 16.1. The molecule has 1 fully saturated rings. The van der Waals surface area contributed by atoms with E-state index in [0.717, 1.165) is 32.1 Å². The number of carbonyl (C=O) groups is 1. The average Bonchev–Trinajstić information content (AvgIpc) is 3.05. The normalized spacial score (nSPS) is 34.0. The lowest BCUT2D eigenvalue weighted by Crippen LogP contribution is -2.44. The predicted octanol–water partition coefficient (Wildman–Crippen LogP) is 3.99. The topological polar surface area (TPSA) is 17.1 Å². The highest BCUT2D eigenvalue weighted by Gasteiger charge is 2.56. The molecule has 0 N–H and O–H groups in total. The molecule has 2 bridgehead atoms. The van der Waals surface area contributed by atoms with Crippen LogP contribution in [-0.4, -0.2) is 5.78 Å². The van der Waals surface area contributed by atoms with Crippen molar-refractivity contribution in [3.63, 3.8) is 0 Å². The van der Waals surface area contributed by atoms with Gasteiger partial charge in [0.05, 0.1) is 5.41 Å². The molecule has 4 rings (SSSR count). The van der Waals surface area contributed by atoms with Gasteiger partial charge in [0.25, 0.3) is 0 Å². The van der Waals surface area contributed by atoms with E-state index in [9.17, 15) is 4.79 Å². The Hall–Kier alpha value is -1.37. The Balaban J connectivity index is 1.94. The fourth-order valence-electron chi connectivity index (χ4n) is 4.99. The van der Waals surface area contributed by atoms with E-state index >= 15 is 0 Å². The van der Waals surface area contributed by atoms with E-state index < -0.39 is 0 Å². The van der Waals surface area contributed by atoms with Crippen molar-refractivity contribution in [3.05, 3.63) is 47.0 Å². The van der Waals surface area contributed by atoms with Crippen molar-refractivity contribution in [1.82, 2.24) is 0 Å². The smallest absolute Gasteiger partial charge is 0.144 e. The maximum atomic E-state index is 12.9. The Morgan fingerprint density at radius 1 is 1.25 bits per heavy atom. The van der Waals surface area contributed by atoms with Gasteiger partial charge in [-0.05, 0) is 54.2 Å². The van der Waals surface area contributed by atoms with E-state index in [0.29, 0.717) is 17.6 Å². The summed E-state index contributed by atoms with van der Waals surface area (Å²) in [6.07, 6.45) is 10.9. The number of hydrogen-bond donors (Lipinski definition) is 0. The number of allylic oxidation sites excluding steroid dienone is 2. The Kier molecular flexibility index (Phi) is 2.67. The third-order valence-corrected chi connectivity index (χ3v) is 5.71. The van der Waals surface area contributed by atoms with Crippen LogP contribution in [0.5, 0.6) is 0 Å². The quantitative estimate of drug-likeness (QED) is 0.740. The lowest BCUT2D eigenvalue weighted by atomic mass is 9.61. The number of Topliss-reactive ketones (excluding diaryl/α,β-unsaturated/α-hetero) is 1. The molecular weight excluding hydrogens is 244 g/mol. The number of ketones is 1. The fraction of sp³-hybridized carbons (Fsp3) is 0.526. The van der Waals surface area contributed by atoms with Crippen molar-refractivity contribution in [2.45, 2.75) is 50.9 Å². The van der Waals surface area contributed by atoms with Crippen LogP contribution < -0.4 is 0 Å². The summed E-state index contributed by atoms with van der Waals surface area (Å²) in [4.78, 5) is 12.9. The van der Waals surface area contributed by atoms with Gasteiger partial charge in [-0.2, -0.15) is 0 Å². The minimum absolute atomic E-state index is 0.154. The average molecular weight is 266 g/mol. The van der Waals surface area contributed by atoms with E-state index in [2.05, 4.69) is 37.3 Å². The minimum Gasteiger partial charge on any atom is -0.299 e. The number of carbonyl (C=O) groups excluding carboxylic acids is 1. The van der Waals surface area contributed by atoms with Crippen molar-refractivity contribution in [2.75, 3.05) is 0 Å². The second-order valence-electron chi connectivity index (χ2n) is 6.79. The Morgan fingerprint density at radius 2 is 2.15 bits per heavy atom. The highest BCUT2D eigenvalue weighted by molar-refractivity contribution is 5.94. The molecule has 3 unspecified atom stereocenters. The van der Waals surface area contributed by atoms with Gasteiger partial charge in [-0.25, -0.2) is 0 Å². The predicted molar refractivity (Wildman–Crippen MR) is 80.8 cm³/mol. The van der Waals surface area contributed by atoms with Crippen molar-refractivity contribution < 1.29 is 4.79 Å². The highest BCUT2D eigenvalue weighted by Crippen LogP contribution is 2.57. The maximum Gasteiger partial charge on any atom is 0.144 e. The first kappa shape index (κ1) is 12.4. The summed E-state index contributed by atoms with van der Waals surface area (Å²) >= 11 is 0. The van der Waals surface area contributed by atoms with Crippen LogP contribution in [-0.2, 0) is 23.1 Å². The maximum absolute atomic E-state index is 12.9. The van der Waals surface area contributed by atoms with Crippen LogP contribution in [0.15, 0.2) is 30.4 Å². The third kappa shape index (κ3) is 1.47. The molecule has 0 aromatic heterocycles. The van der Waals surface area contributed by atoms with Crippen LogP contribution in [0, 0.1) is 11.8 Å². The number of aryl methyl sites for hydroxylation is 2. The first-order valence-electron chi connectivity index (χ1n) is 8.08. The Bertz CT molecular complexity index is 598. The summed E-state index contributed by atoms with van der Waals surface area (Å²) in [5, 5.41) is 0. The van der Waals surface area contributed by atoms with Crippen LogP contribution in [0.4, 0.5) is 0 Å². The molecule has 1 aromatic rings. The van der Waals surface area contributed by atoms with Gasteiger partial charge in [0.2, 0.25) is 0 Å². The summed E-state index contributed by atoms with van der Waals surface area (Å²) in [6.45, 7) is 2.23. The molecule has 3 aliphatic carbocycles. The molecule has 0 aliphatic heterocycles. The van der Waals surface area contributed by atoms with Gasteiger partial charge >= 0.3 is 0 Å². The lowest BCUT2D eigenvalue weighted by molar-refractivity contribution is -0.126. The molecule has 3 aliphatic rings. The molecular formula is C19H22O. The molecule has 1 spiro atoms. The molecule has 0 radical (unpaired) electrons. The van der Waals surface area contributed by atoms with E-state index in [1.807, 2.05) is 0 Å². The zero-order valence-electron chi connectivity index (χ0n) is 12.2. The Labute approximate surface area is 121 Å². The summed E-state index contributed by atoms with van der Waals surface area (Å²) < 4.78 is 0. The van der Waals surface area contributed by atoms with Gasteiger partial charge in [-0.3, -0.25) is 4.79 Å². The van der Waals surface area contributed by atoms with E-state index in [1.165, 1.54) is 23.1 Å². The van der Waals surface area contributed by atoms with Crippen LogP contribution in [0.25, 0.3) is 0 Å². The molecule has 104 valence electrons. The first-order chi connectivity index (χ1) is 9.75. The monoisotopic (exact) mass is 266 g/mol. The molecule has 0 heterocycles. The van der Waals surface area contributed by atoms with Crippen molar-refractivity contribution in [3.8, 4) is 0 Å². The Morgan fingerprint density at radius 3 is 2.85 bits per heavy atom. The molecule has 3 atom stereocenters. The lowest BCUT2D eigenvalue weighted by Gasteiger charge is -2.41. The first-order valence-corrected chi connectivity index (χ1v) is 8.08. The standard InChI is InChI=1S/C19H22O/c1-2-4-14-5-3-6-15-8-10-17(20)19(18(14)15)12-13-7-9-16(19)11-13/h3,5-7,9,13,16H,2,4,8,10-12H2,1H3. The van der Waals surface area contributed by atoms with Crippen LogP contribution in [0.1, 0.15) is 49.3 Å². The van der Waals surface area contributed by atoms with Crippen molar-refractivity contribution in [1.29, 1.82) is 0 Å². The number of rotatable bonds is 2. The molecule has 1 heteroatoms. The second-order valence-corrected chi connectivity index (χ2v) is 6.79. The molecule has 20 heavy (non-hydrogen) atoms. The van der Waals surface area contributed by atoms with Gasteiger partial charge in [0.1, 0.15) is 5.78 Å². The van der Waals surface area contributed by atoms with E-state index in [1.54, 1.807) is 0 Å². The number of fused-ring (bicyclic) bond motifs is 5. The second kappa shape index (κ2) is 4.31. The number of benzene rings is 1. The minimum atomic E-state index is -0.154. The van der Waals surface area contributed by atoms with Gasteiger partial charge < -0.3 is 0 Å². The number of hydrogen-bond acceptors (Lipinski definition) is 1. The molecule has 0 saturated heterocycles. The third-order valence-electron chi connectivity index (χ3n) is 5.71. The molecule has 0 amide bonds. The van der Waals surface area contributed by atoms with Gasteiger partial charge in [0.15, 0.2) is 0 Å². The van der Waals surface area contributed by atoms with Gasteiger partial charge in [-0.1, -0.05) is 43.7 Å². The van der Waals surface area contributed by atoms with E-state index in [-0.39, 0.29) is 5.41 Å². The summed E-state index contributed by atoms with van der Waals surface area (Å²) in [7, 11) is 0. The summed E-state index contributed by atoms with van der Waals surface area (Å²) in [5.41, 5.74) is 4.18. The van der Waals surface area contributed by atoms with Crippen LogP contribution in [0.2, 0.25) is 0 Å². The SMILES string of the molecule is CCCc1cccc2c1C1(CC3C=CC1C3)C(=O)CC2. The van der Waals surface area contributed by atoms with Gasteiger partial charge in [0, 0.05) is 6.42 Å². The van der Waals surface area contributed by atoms with Crippen LogP contribution in [0.3, 0.4) is 0 Å². The zero-order valence-corrected chi connectivity index (χ0v) is 12.2. The summed E-state index contributed by atoms with van der Waals surface area (Å²) in [5.74, 6) is 1.63. The molecule has 1 aromatic carbocycles. The molecule has 1 saturated carbocycles. The largest absolute Gasteiger partial charge is 0.299 e. The zero-order chi connectivity index (χ0) is 13.7. The van der Waals surface area contributed by atoms with Crippen molar-refractivity contribution >= 4 is 5.78 Å². The summed E-state index contributed by atoms with van der Waals surface area (Å²) in [6, 6.07) is 6.72. The fourth-order valence-corrected chi connectivity index (χ4v) is 4.99.